The lowest BCUT2D eigenvalue weighted by Gasteiger charge is -2.42. The molecule has 0 amide bonds. The monoisotopic (exact) mass is 297 g/mol. The van der Waals surface area contributed by atoms with Gasteiger partial charge < -0.3 is 14.5 Å². The maximum atomic E-state index is 6.04. The highest BCUT2D eigenvalue weighted by molar-refractivity contribution is 4.87. The molecule has 2 fully saturated rings. The predicted molar refractivity (Wildman–Crippen MR) is 88.8 cm³/mol. The lowest BCUT2D eigenvalue weighted by molar-refractivity contribution is -0.0541. The molecule has 1 aliphatic heterocycles. The Morgan fingerprint density at radius 1 is 1.10 bits per heavy atom. The van der Waals surface area contributed by atoms with E-state index in [0.717, 1.165) is 25.1 Å². The summed E-state index contributed by atoms with van der Waals surface area (Å²) in [6.45, 7) is 16.1. The van der Waals surface area contributed by atoms with Gasteiger partial charge in [0.25, 0.3) is 0 Å². The SMILES string of the molecule is CCN1CCN(CCO[C@H]2C[C@H](N(C)CC(C)C)C2)CC1. The summed E-state index contributed by atoms with van der Waals surface area (Å²) in [6.07, 6.45) is 2.97. The number of hydrogen-bond donors (Lipinski definition) is 0. The van der Waals surface area contributed by atoms with E-state index in [1.54, 1.807) is 0 Å². The van der Waals surface area contributed by atoms with Gasteiger partial charge in [-0.3, -0.25) is 4.90 Å². The zero-order valence-corrected chi connectivity index (χ0v) is 14.6. The summed E-state index contributed by atoms with van der Waals surface area (Å²) in [7, 11) is 2.26. The summed E-state index contributed by atoms with van der Waals surface area (Å²) in [5.41, 5.74) is 0. The van der Waals surface area contributed by atoms with Gasteiger partial charge in [0.15, 0.2) is 0 Å². The summed E-state index contributed by atoms with van der Waals surface area (Å²) in [6, 6.07) is 0.755. The van der Waals surface area contributed by atoms with Crippen molar-refractivity contribution in [2.75, 3.05) is 59.5 Å². The van der Waals surface area contributed by atoms with E-state index < -0.39 is 0 Å². The second-order valence-electron chi connectivity index (χ2n) is 7.23. The Morgan fingerprint density at radius 2 is 1.71 bits per heavy atom. The molecule has 0 unspecified atom stereocenters. The summed E-state index contributed by atoms with van der Waals surface area (Å²) >= 11 is 0. The highest BCUT2D eigenvalue weighted by atomic mass is 16.5. The maximum absolute atomic E-state index is 6.04. The number of nitrogens with zero attached hydrogens (tertiary/aromatic N) is 3. The van der Waals surface area contributed by atoms with E-state index in [1.165, 1.54) is 52.1 Å². The minimum absolute atomic E-state index is 0.515. The van der Waals surface area contributed by atoms with E-state index in [9.17, 15) is 0 Å². The molecule has 0 aromatic rings. The Hall–Kier alpha value is -0.160. The molecule has 1 heterocycles. The summed E-state index contributed by atoms with van der Waals surface area (Å²) < 4.78 is 6.04. The van der Waals surface area contributed by atoms with E-state index in [-0.39, 0.29) is 0 Å². The van der Waals surface area contributed by atoms with Gasteiger partial charge in [0.1, 0.15) is 0 Å². The summed E-state index contributed by atoms with van der Waals surface area (Å²) in [5.74, 6) is 0.761. The topological polar surface area (TPSA) is 19.0 Å². The smallest absolute Gasteiger partial charge is 0.0605 e. The molecule has 124 valence electrons. The molecule has 0 spiro atoms. The van der Waals surface area contributed by atoms with Crippen molar-refractivity contribution in [3.63, 3.8) is 0 Å². The van der Waals surface area contributed by atoms with Crippen molar-refractivity contribution in [2.45, 2.75) is 45.8 Å². The average Bonchev–Trinajstić information content (AvgIpc) is 2.41. The molecule has 21 heavy (non-hydrogen) atoms. The first kappa shape index (κ1) is 17.2. The maximum Gasteiger partial charge on any atom is 0.0605 e. The minimum atomic E-state index is 0.515. The molecule has 2 rings (SSSR count). The van der Waals surface area contributed by atoms with Gasteiger partial charge in [-0.2, -0.15) is 0 Å². The number of hydrogen-bond acceptors (Lipinski definition) is 4. The molecular weight excluding hydrogens is 262 g/mol. The average molecular weight is 297 g/mol. The van der Waals surface area contributed by atoms with Crippen LogP contribution in [0.4, 0.5) is 0 Å². The first-order valence-electron chi connectivity index (χ1n) is 8.85. The van der Waals surface area contributed by atoms with Crippen molar-refractivity contribution in [1.29, 1.82) is 0 Å². The third-order valence-corrected chi connectivity index (χ3v) is 5.02. The Kier molecular flexibility index (Phi) is 6.93. The highest BCUT2D eigenvalue weighted by Crippen LogP contribution is 2.27. The van der Waals surface area contributed by atoms with Crippen molar-refractivity contribution >= 4 is 0 Å². The van der Waals surface area contributed by atoms with Crippen LogP contribution < -0.4 is 0 Å². The molecular formula is C17H35N3O. The first-order valence-corrected chi connectivity index (χ1v) is 8.85. The van der Waals surface area contributed by atoms with E-state index in [4.69, 9.17) is 4.74 Å². The number of likely N-dealkylation sites (N-methyl/N-ethyl adjacent to an activating group) is 1. The molecule has 1 saturated carbocycles. The van der Waals surface area contributed by atoms with Crippen LogP contribution in [0.1, 0.15) is 33.6 Å². The van der Waals surface area contributed by atoms with Gasteiger partial charge in [-0.15, -0.1) is 0 Å². The molecule has 1 aliphatic carbocycles. The van der Waals surface area contributed by atoms with Gasteiger partial charge in [-0.25, -0.2) is 0 Å². The van der Waals surface area contributed by atoms with Crippen LogP contribution in [-0.2, 0) is 4.74 Å². The third-order valence-electron chi connectivity index (χ3n) is 5.02. The summed E-state index contributed by atoms with van der Waals surface area (Å²) in [4.78, 5) is 7.58. The van der Waals surface area contributed by atoms with Crippen LogP contribution in [0.3, 0.4) is 0 Å². The fraction of sp³-hybridized carbons (Fsp3) is 1.00. The Labute approximate surface area is 131 Å². The Morgan fingerprint density at radius 3 is 2.29 bits per heavy atom. The van der Waals surface area contributed by atoms with Gasteiger partial charge in [0, 0.05) is 45.3 Å². The van der Waals surface area contributed by atoms with Crippen molar-refractivity contribution < 1.29 is 4.74 Å². The van der Waals surface area contributed by atoms with Crippen LogP contribution >= 0.6 is 0 Å². The molecule has 0 aromatic heterocycles. The van der Waals surface area contributed by atoms with E-state index in [1.807, 2.05) is 0 Å². The molecule has 0 aromatic carbocycles. The van der Waals surface area contributed by atoms with Crippen LogP contribution in [0.5, 0.6) is 0 Å². The Bertz CT molecular complexity index is 284. The molecule has 0 N–H and O–H groups in total. The minimum Gasteiger partial charge on any atom is -0.377 e. The van der Waals surface area contributed by atoms with Crippen LogP contribution in [0.25, 0.3) is 0 Å². The van der Waals surface area contributed by atoms with Crippen molar-refractivity contribution in [2.24, 2.45) is 5.92 Å². The standard InChI is InChI=1S/C17H35N3O/c1-5-19-6-8-20(9-7-19)10-11-21-17-12-16(13-17)18(4)14-15(2)3/h15-17H,5-14H2,1-4H3/t16-,17-. The van der Waals surface area contributed by atoms with E-state index >= 15 is 0 Å². The first-order chi connectivity index (χ1) is 10.1. The van der Waals surface area contributed by atoms with Crippen LogP contribution in [0, 0.1) is 5.92 Å². The van der Waals surface area contributed by atoms with Crippen LogP contribution in [-0.4, -0.2) is 86.3 Å². The Balaban J connectivity index is 1.50. The lowest BCUT2D eigenvalue weighted by Crippen LogP contribution is -2.49. The van der Waals surface area contributed by atoms with Crippen molar-refractivity contribution in [1.82, 2.24) is 14.7 Å². The molecule has 4 heteroatoms. The number of piperazine rings is 1. The normalized spacial score (nSPS) is 28.3. The highest BCUT2D eigenvalue weighted by Gasteiger charge is 2.32. The van der Waals surface area contributed by atoms with Gasteiger partial charge in [0.2, 0.25) is 0 Å². The molecule has 0 bridgehead atoms. The van der Waals surface area contributed by atoms with Crippen molar-refractivity contribution in [3.05, 3.63) is 0 Å². The van der Waals surface area contributed by atoms with E-state index in [2.05, 4.69) is 42.5 Å². The van der Waals surface area contributed by atoms with Gasteiger partial charge in [0.05, 0.1) is 12.7 Å². The zero-order chi connectivity index (χ0) is 15.2. The second-order valence-corrected chi connectivity index (χ2v) is 7.23. The fourth-order valence-electron chi connectivity index (χ4n) is 3.44. The summed E-state index contributed by atoms with van der Waals surface area (Å²) in [5, 5.41) is 0. The molecule has 1 saturated heterocycles. The van der Waals surface area contributed by atoms with E-state index in [0.29, 0.717) is 6.10 Å². The molecule has 4 nitrogen and oxygen atoms in total. The van der Waals surface area contributed by atoms with Crippen LogP contribution in [0.15, 0.2) is 0 Å². The molecule has 2 aliphatic rings. The predicted octanol–water partition coefficient (Wildman–Crippen LogP) is 1.76. The number of rotatable bonds is 8. The van der Waals surface area contributed by atoms with Gasteiger partial charge >= 0.3 is 0 Å². The quantitative estimate of drug-likeness (QED) is 0.679. The lowest BCUT2D eigenvalue weighted by atomic mass is 9.87. The fourth-order valence-corrected chi connectivity index (χ4v) is 3.44. The largest absolute Gasteiger partial charge is 0.377 e. The van der Waals surface area contributed by atoms with Gasteiger partial charge in [-0.05, 0) is 32.4 Å². The van der Waals surface area contributed by atoms with Crippen molar-refractivity contribution in [3.8, 4) is 0 Å². The van der Waals surface area contributed by atoms with Crippen LogP contribution in [0.2, 0.25) is 0 Å². The third kappa shape index (κ3) is 5.51. The second kappa shape index (κ2) is 8.47. The zero-order valence-electron chi connectivity index (χ0n) is 14.6. The molecule has 0 radical (unpaired) electrons. The van der Waals surface area contributed by atoms with Gasteiger partial charge in [-0.1, -0.05) is 20.8 Å². The molecule has 0 atom stereocenters. The number of ether oxygens (including phenoxy) is 1.